The molecule has 0 unspecified atom stereocenters. The van der Waals surface area contributed by atoms with Crippen LogP contribution >= 0.6 is 0 Å². The van der Waals surface area contributed by atoms with Crippen LogP contribution in [0.3, 0.4) is 0 Å². The molecule has 1 aromatic rings. The summed E-state index contributed by atoms with van der Waals surface area (Å²) in [6, 6.07) is 6.89. The molecule has 0 fully saturated rings. The van der Waals surface area contributed by atoms with E-state index >= 15 is 0 Å². The SMILES string of the molecule is C.CC.C[NH+]=Nc1ccccc1O. The van der Waals surface area contributed by atoms with Gasteiger partial charge in [-0.3, -0.25) is 0 Å². The number of nitrogens with one attached hydrogen (secondary N) is 1. The van der Waals surface area contributed by atoms with E-state index in [4.69, 9.17) is 5.11 Å². The molecule has 3 heteroatoms. The number of benzene rings is 1. The summed E-state index contributed by atoms with van der Waals surface area (Å²) in [7, 11) is 1.69. The van der Waals surface area contributed by atoms with Gasteiger partial charge in [0.25, 0.3) is 0 Å². The molecule has 3 nitrogen and oxygen atoms in total. The molecule has 0 aliphatic rings. The van der Waals surface area contributed by atoms with E-state index in [0.29, 0.717) is 5.69 Å². The summed E-state index contributed by atoms with van der Waals surface area (Å²) in [5.41, 5.74) is 0.560. The van der Waals surface area contributed by atoms with E-state index in [0.717, 1.165) is 0 Å². The Kier molecular flexibility index (Phi) is 9.49. The van der Waals surface area contributed by atoms with E-state index in [9.17, 15) is 0 Å². The molecule has 0 aromatic heterocycles. The number of nitrogens with zero attached hydrogens (tertiary/aromatic N) is 1. The predicted octanol–water partition coefficient (Wildman–Crippen LogP) is 1.85. The molecule has 0 saturated carbocycles. The summed E-state index contributed by atoms with van der Waals surface area (Å²) in [6.45, 7) is 4.00. The first-order valence-corrected chi connectivity index (χ1v) is 4.00. The van der Waals surface area contributed by atoms with Gasteiger partial charge in [0, 0.05) is 0 Å². The smallest absolute Gasteiger partial charge is 0.171 e. The second-order valence-electron chi connectivity index (χ2n) is 1.82. The normalized spacial score (nSPS) is 8.54. The number of para-hydroxylation sites is 2. The van der Waals surface area contributed by atoms with Gasteiger partial charge in [-0.1, -0.05) is 33.4 Å². The van der Waals surface area contributed by atoms with Crippen molar-refractivity contribution >= 4 is 5.69 Å². The topological polar surface area (TPSA) is 46.6 Å². The van der Waals surface area contributed by atoms with Gasteiger partial charge in [-0.25, -0.2) is 0 Å². The first-order valence-electron chi connectivity index (χ1n) is 4.00. The van der Waals surface area contributed by atoms with Crippen LogP contribution in [-0.4, -0.2) is 12.2 Å². The molecular weight excluding hydrogens is 164 g/mol. The summed E-state index contributed by atoms with van der Waals surface area (Å²) in [5.74, 6) is 0.192. The highest BCUT2D eigenvalue weighted by molar-refractivity contribution is 5.48. The van der Waals surface area contributed by atoms with Crippen LogP contribution in [-0.2, 0) is 0 Å². The van der Waals surface area contributed by atoms with Gasteiger partial charge in [-0.05, 0) is 17.2 Å². The van der Waals surface area contributed by atoms with Gasteiger partial charge in [0.05, 0.1) is 0 Å². The number of hydrogen-bond acceptors (Lipinski definition) is 2. The minimum absolute atomic E-state index is 0. The van der Waals surface area contributed by atoms with Crippen molar-refractivity contribution in [1.29, 1.82) is 0 Å². The van der Waals surface area contributed by atoms with Gasteiger partial charge in [0.1, 0.15) is 5.75 Å². The Hall–Kier alpha value is -1.38. The molecule has 1 rings (SSSR count). The number of azo groups is 1. The van der Waals surface area contributed by atoms with E-state index < -0.39 is 0 Å². The van der Waals surface area contributed by atoms with E-state index in [-0.39, 0.29) is 13.2 Å². The van der Waals surface area contributed by atoms with Crippen LogP contribution in [0.2, 0.25) is 0 Å². The quantitative estimate of drug-likeness (QED) is 0.641. The Morgan fingerprint density at radius 2 is 1.77 bits per heavy atom. The summed E-state index contributed by atoms with van der Waals surface area (Å²) in [6.07, 6.45) is 0. The van der Waals surface area contributed by atoms with E-state index in [2.05, 4.69) is 10.2 Å². The van der Waals surface area contributed by atoms with Crippen molar-refractivity contribution in [2.75, 3.05) is 7.05 Å². The molecule has 1 aromatic carbocycles. The molecule has 0 radical (unpaired) electrons. The van der Waals surface area contributed by atoms with Crippen molar-refractivity contribution in [2.45, 2.75) is 21.3 Å². The molecule has 2 N–H and O–H groups in total. The van der Waals surface area contributed by atoms with E-state index in [1.165, 1.54) is 0 Å². The number of hydrogen-bond donors (Lipinski definition) is 2. The summed E-state index contributed by atoms with van der Waals surface area (Å²) < 4.78 is 0. The fourth-order valence-electron chi connectivity index (χ4n) is 0.679. The van der Waals surface area contributed by atoms with Crippen molar-refractivity contribution < 1.29 is 10.2 Å². The largest absolute Gasteiger partial charge is 0.505 e. The molecule has 0 amide bonds. The maximum atomic E-state index is 9.11. The third-order valence-electron chi connectivity index (χ3n) is 1.11. The molecule has 0 aliphatic heterocycles. The number of rotatable bonds is 1. The van der Waals surface area contributed by atoms with Crippen molar-refractivity contribution in [3.8, 4) is 5.75 Å². The molecular formula is C10H19N2O+. The molecule has 0 saturated heterocycles. The standard InChI is InChI=1S/C7H8N2O.C2H6.CH4/c1-8-9-6-4-2-3-5-7(6)10;1-2;/h2-5,10H,1H3;1-2H3;1H4/p+1. The van der Waals surface area contributed by atoms with Gasteiger partial charge in [-0.2, -0.15) is 0 Å². The van der Waals surface area contributed by atoms with Crippen molar-refractivity contribution in [1.82, 2.24) is 0 Å². The Morgan fingerprint density at radius 1 is 1.23 bits per heavy atom. The van der Waals surface area contributed by atoms with Gasteiger partial charge in [0.15, 0.2) is 12.7 Å². The summed E-state index contributed by atoms with van der Waals surface area (Å²) in [4.78, 5) is 0. The monoisotopic (exact) mass is 183 g/mol. The maximum absolute atomic E-state index is 9.11. The zero-order valence-electron chi connectivity index (χ0n) is 7.70. The lowest BCUT2D eigenvalue weighted by Gasteiger charge is -1.90. The van der Waals surface area contributed by atoms with Gasteiger partial charge in [0.2, 0.25) is 0 Å². The van der Waals surface area contributed by atoms with E-state index in [1.807, 2.05) is 19.9 Å². The van der Waals surface area contributed by atoms with Crippen LogP contribution < -0.4 is 5.11 Å². The molecule has 0 heterocycles. The third kappa shape index (κ3) is 4.95. The van der Waals surface area contributed by atoms with Crippen LogP contribution in [0.1, 0.15) is 21.3 Å². The van der Waals surface area contributed by atoms with Gasteiger partial charge >= 0.3 is 0 Å². The second-order valence-corrected chi connectivity index (χ2v) is 1.82. The summed E-state index contributed by atoms with van der Waals surface area (Å²) in [5, 5.41) is 15.5. The highest BCUT2D eigenvalue weighted by Gasteiger charge is 1.96. The van der Waals surface area contributed by atoms with Crippen molar-refractivity contribution in [2.24, 2.45) is 5.11 Å². The average Bonchev–Trinajstić information content (AvgIpc) is 2.13. The fourth-order valence-corrected chi connectivity index (χ4v) is 0.679. The lowest BCUT2D eigenvalue weighted by atomic mass is 10.3. The van der Waals surface area contributed by atoms with Gasteiger partial charge in [-0.15, -0.1) is 5.11 Å². The van der Waals surface area contributed by atoms with Crippen LogP contribution in [0.4, 0.5) is 5.69 Å². The predicted molar refractivity (Wildman–Crippen MR) is 55.2 cm³/mol. The molecule has 13 heavy (non-hydrogen) atoms. The zero-order chi connectivity index (χ0) is 9.40. The summed E-state index contributed by atoms with van der Waals surface area (Å²) >= 11 is 0. The third-order valence-corrected chi connectivity index (χ3v) is 1.11. The first kappa shape index (κ1) is 14.2. The first-order chi connectivity index (χ1) is 5.84. The van der Waals surface area contributed by atoms with Crippen molar-refractivity contribution in [3.63, 3.8) is 0 Å². The lowest BCUT2D eigenvalue weighted by Crippen LogP contribution is -2.58. The van der Waals surface area contributed by atoms with Crippen LogP contribution in [0.5, 0.6) is 5.75 Å². The highest BCUT2D eigenvalue weighted by atomic mass is 16.3. The Morgan fingerprint density at radius 3 is 2.23 bits per heavy atom. The number of aromatic hydroxyl groups is 1. The minimum Gasteiger partial charge on any atom is -0.505 e. The molecule has 0 spiro atoms. The Balaban J connectivity index is 0. The van der Waals surface area contributed by atoms with Crippen LogP contribution in [0.25, 0.3) is 0 Å². The Bertz CT molecular complexity index is 246. The number of phenols is 1. The zero-order valence-corrected chi connectivity index (χ0v) is 7.70. The lowest BCUT2D eigenvalue weighted by molar-refractivity contribution is -0.494. The van der Waals surface area contributed by atoms with Crippen LogP contribution in [0.15, 0.2) is 29.4 Å². The molecule has 74 valence electrons. The van der Waals surface area contributed by atoms with Gasteiger partial charge < -0.3 is 5.11 Å². The van der Waals surface area contributed by atoms with Crippen molar-refractivity contribution in [3.05, 3.63) is 24.3 Å². The fraction of sp³-hybridized carbons (Fsp3) is 0.400. The molecule has 0 atom stereocenters. The second kappa shape index (κ2) is 8.71. The Labute approximate surface area is 80.1 Å². The maximum Gasteiger partial charge on any atom is 0.171 e. The van der Waals surface area contributed by atoms with Crippen LogP contribution in [0, 0.1) is 0 Å². The average molecular weight is 183 g/mol. The van der Waals surface area contributed by atoms with E-state index in [1.54, 1.807) is 25.2 Å². The minimum atomic E-state index is 0. The molecule has 0 aliphatic carbocycles. The molecule has 0 bridgehead atoms. The highest BCUT2D eigenvalue weighted by Crippen LogP contribution is 2.22. The number of phenolic OH excluding ortho intramolecular Hbond substituents is 1.